The summed E-state index contributed by atoms with van der Waals surface area (Å²) in [6, 6.07) is 13.1. The third-order valence-electron chi connectivity index (χ3n) is 3.51. The maximum atomic E-state index is 12.9. The molecule has 0 bridgehead atoms. The number of hydrogen-bond donors (Lipinski definition) is 2. The van der Waals surface area contributed by atoms with E-state index in [1.54, 1.807) is 0 Å². The normalized spacial score (nSPS) is 18.2. The number of hydrogen-bond acceptors (Lipinski definition) is 4. The first-order valence-electron chi connectivity index (χ1n) is 7.68. The van der Waals surface area contributed by atoms with Crippen LogP contribution in [-0.2, 0) is 9.59 Å². The molecule has 1 fully saturated rings. The van der Waals surface area contributed by atoms with Gasteiger partial charge in [-0.15, -0.1) is 0 Å². The Hall–Kier alpha value is -2.67. The number of thioether (sulfide) groups is 1. The number of aryl methyl sites for hydroxylation is 1. The number of nitrogens with one attached hydrogen (secondary N) is 2. The molecule has 5 nitrogen and oxygen atoms in total. The van der Waals surface area contributed by atoms with Gasteiger partial charge in [-0.25, -0.2) is 9.38 Å². The monoisotopic (exact) mass is 357 g/mol. The van der Waals surface area contributed by atoms with Crippen LogP contribution in [0.4, 0.5) is 15.8 Å². The van der Waals surface area contributed by atoms with Gasteiger partial charge in [0.15, 0.2) is 5.17 Å². The first kappa shape index (κ1) is 17.2. The van der Waals surface area contributed by atoms with Gasteiger partial charge in [0.1, 0.15) is 11.1 Å². The van der Waals surface area contributed by atoms with Crippen LogP contribution in [-0.4, -0.2) is 22.2 Å². The fourth-order valence-corrected chi connectivity index (χ4v) is 3.31. The van der Waals surface area contributed by atoms with Crippen LogP contribution < -0.4 is 10.6 Å². The van der Waals surface area contributed by atoms with E-state index in [0.29, 0.717) is 10.9 Å². The first-order chi connectivity index (χ1) is 12.0. The SMILES string of the molecule is Cc1cccc(N=C2NC(=O)[C@@H](CC(=O)Nc3ccc(F)cc3)S2)c1. The van der Waals surface area contributed by atoms with Crippen molar-refractivity contribution in [1.29, 1.82) is 0 Å². The predicted molar refractivity (Wildman–Crippen MR) is 97.4 cm³/mol. The van der Waals surface area contributed by atoms with E-state index in [4.69, 9.17) is 0 Å². The summed E-state index contributed by atoms with van der Waals surface area (Å²) in [5.74, 6) is -0.928. The summed E-state index contributed by atoms with van der Waals surface area (Å²) in [5.41, 5.74) is 2.31. The van der Waals surface area contributed by atoms with Crippen molar-refractivity contribution in [1.82, 2.24) is 5.32 Å². The molecule has 0 unspecified atom stereocenters. The maximum absolute atomic E-state index is 12.9. The number of carbonyl (C=O) groups is 2. The molecule has 7 heteroatoms. The van der Waals surface area contributed by atoms with Crippen LogP contribution in [0.2, 0.25) is 0 Å². The quantitative estimate of drug-likeness (QED) is 0.881. The fourth-order valence-electron chi connectivity index (χ4n) is 2.32. The number of aliphatic imine (C=N–C) groups is 1. The zero-order valence-electron chi connectivity index (χ0n) is 13.5. The lowest BCUT2D eigenvalue weighted by atomic mass is 10.2. The molecule has 2 aromatic rings. The number of carbonyl (C=O) groups excluding carboxylic acids is 2. The van der Waals surface area contributed by atoms with Crippen molar-refractivity contribution in [3.8, 4) is 0 Å². The molecule has 1 aliphatic heterocycles. The molecule has 2 amide bonds. The Morgan fingerprint density at radius 2 is 2.04 bits per heavy atom. The van der Waals surface area contributed by atoms with Gasteiger partial charge in [-0.2, -0.15) is 0 Å². The second kappa shape index (κ2) is 7.48. The number of halogens is 1. The molecule has 1 heterocycles. The second-order valence-electron chi connectivity index (χ2n) is 5.61. The Balaban J connectivity index is 1.61. The van der Waals surface area contributed by atoms with Gasteiger partial charge in [-0.3, -0.25) is 9.59 Å². The van der Waals surface area contributed by atoms with Crippen LogP contribution in [0.25, 0.3) is 0 Å². The zero-order valence-corrected chi connectivity index (χ0v) is 14.3. The van der Waals surface area contributed by atoms with Crippen molar-refractivity contribution < 1.29 is 14.0 Å². The average Bonchev–Trinajstić information content (AvgIpc) is 2.89. The molecule has 0 radical (unpaired) electrons. The van der Waals surface area contributed by atoms with Crippen molar-refractivity contribution in [2.45, 2.75) is 18.6 Å². The van der Waals surface area contributed by atoms with E-state index < -0.39 is 5.25 Å². The summed E-state index contributed by atoms with van der Waals surface area (Å²) in [7, 11) is 0. The lowest BCUT2D eigenvalue weighted by Crippen LogP contribution is -2.28. The van der Waals surface area contributed by atoms with Gasteiger partial charge >= 0.3 is 0 Å². The largest absolute Gasteiger partial charge is 0.326 e. The van der Waals surface area contributed by atoms with E-state index in [9.17, 15) is 14.0 Å². The van der Waals surface area contributed by atoms with Crippen LogP contribution in [0, 0.1) is 12.7 Å². The molecule has 0 saturated carbocycles. The number of benzene rings is 2. The topological polar surface area (TPSA) is 70.6 Å². The van der Waals surface area contributed by atoms with E-state index in [2.05, 4.69) is 15.6 Å². The third kappa shape index (κ3) is 4.67. The molecule has 128 valence electrons. The fraction of sp³-hybridized carbons (Fsp3) is 0.167. The molecule has 0 aliphatic carbocycles. The third-order valence-corrected chi connectivity index (χ3v) is 4.59. The summed E-state index contributed by atoms with van der Waals surface area (Å²) in [6.45, 7) is 1.96. The zero-order chi connectivity index (χ0) is 17.8. The molecule has 2 aromatic carbocycles. The summed E-state index contributed by atoms with van der Waals surface area (Å²) >= 11 is 1.23. The van der Waals surface area contributed by atoms with Gasteiger partial charge < -0.3 is 10.6 Å². The van der Waals surface area contributed by atoms with Crippen LogP contribution >= 0.6 is 11.8 Å². The molecule has 2 N–H and O–H groups in total. The number of rotatable bonds is 4. The minimum absolute atomic E-state index is 0.0146. The molecular formula is C18H16FN3O2S. The van der Waals surface area contributed by atoms with Crippen LogP contribution in [0.1, 0.15) is 12.0 Å². The highest BCUT2D eigenvalue weighted by Crippen LogP contribution is 2.26. The molecular weight excluding hydrogens is 341 g/mol. The molecule has 25 heavy (non-hydrogen) atoms. The van der Waals surface area contributed by atoms with E-state index in [1.807, 2.05) is 31.2 Å². The van der Waals surface area contributed by atoms with Crippen LogP contribution in [0.5, 0.6) is 0 Å². The Labute approximate surface area is 148 Å². The lowest BCUT2D eigenvalue weighted by Gasteiger charge is -2.07. The summed E-state index contributed by atoms with van der Waals surface area (Å²) < 4.78 is 12.9. The van der Waals surface area contributed by atoms with E-state index in [0.717, 1.165) is 11.3 Å². The molecule has 1 saturated heterocycles. The highest BCUT2D eigenvalue weighted by Gasteiger charge is 2.32. The van der Waals surface area contributed by atoms with Gasteiger partial charge in [0.25, 0.3) is 0 Å². The molecule has 1 atom stereocenters. The van der Waals surface area contributed by atoms with Crippen molar-refractivity contribution in [2.75, 3.05) is 5.32 Å². The Bertz CT molecular complexity index is 836. The van der Waals surface area contributed by atoms with Crippen molar-refractivity contribution in [3.63, 3.8) is 0 Å². The number of amidine groups is 1. The van der Waals surface area contributed by atoms with Crippen LogP contribution in [0.3, 0.4) is 0 Å². The minimum Gasteiger partial charge on any atom is -0.326 e. The predicted octanol–water partition coefficient (Wildman–Crippen LogP) is 3.38. The van der Waals surface area contributed by atoms with Crippen molar-refractivity contribution in [2.24, 2.45) is 4.99 Å². The van der Waals surface area contributed by atoms with E-state index >= 15 is 0 Å². The van der Waals surface area contributed by atoms with Gasteiger partial charge in [0.05, 0.1) is 5.69 Å². The van der Waals surface area contributed by atoms with Crippen molar-refractivity contribution >= 4 is 40.1 Å². The molecule has 0 aromatic heterocycles. The standard InChI is InChI=1S/C18H16FN3O2S/c1-11-3-2-4-14(9-11)21-18-22-17(24)15(25-18)10-16(23)20-13-7-5-12(19)6-8-13/h2-9,15H,10H2,1H3,(H,20,23)(H,21,22,24)/t15-/m1/s1. The van der Waals surface area contributed by atoms with Gasteiger partial charge in [-0.05, 0) is 48.9 Å². The van der Waals surface area contributed by atoms with Crippen molar-refractivity contribution in [3.05, 3.63) is 59.9 Å². The second-order valence-corrected chi connectivity index (χ2v) is 6.80. The van der Waals surface area contributed by atoms with Crippen LogP contribution in [0.15, 0.2) is 53.5 Å². The van der Waals surface area contributed by atoms with Gasteiger partial charge in [0, 0.05) is 12.1 Å². The number of anilines is 1. The molecule has 3 rings (SSSR count). The minimum atomic E-state index is -0.538. The van der Waals surface area contributed by atoms with E-state index in [-0.39, 0.29) is 24.1 Å². The first-order valence-corrected chi connectivity index (χ1v) is 8.56. The van der Waals surface area contributed by atoms with E-state index in [1.165, 1.54) is 36.0 Å². The average molecular weight is 357 g/mol. The summed E-state index contributed by atoms with van der Waals surface area (Å²) in [6.07, 6.45) is 0.0146. The Kier molecular flexibility index (Phi) is 5.14. The summed E-state index contributed by atoms with van der Waals surface area (Å²) in [4.78, 5) is 28.5. The van der Waals surface area contributed by atoms with Gasteiger partial charge in [-0.1, -0.05) is 23.9 Å². The number of nitrogens with zero attached hydrogens (tertiary/aromatic N) is 1. The molecule has 0 spiro atoms. The Morgan fingerprint density at radius 3 is 2.76 bits per heavy atom. The summed E-state index contributed by atoms with van der Waals surface area (Å²) in [5, 5.41) is 5.29. The highest BCUT2D eigenvalue weighted by atomic mass is 32.2. The van der Waals surface area contributed by atoms with Gasteiger partial charge in [0.2, 0.25) is 11.8 Å². The smallest absolute Gasteiger partial charge is 0.240 e. The maximum Gasteiger partial charge on any atom is 0.240 e. The molecule has 1 aliphatic rings. The highest BCUT2D eigenvalue weighted by molar-refractivity contribution is 8.15. The number of amides is 2. The Morgan fingerprint density at radius 1 is 1.28 bits per heavy atom. The lowest BCUT2D eigenvalue weighted by molar-refractivity contribution is -0.122.